The predicted octanol–water partition coefficient (Wildman–Crippen LogP) is 2.72. The van der Waals surface area contributed by atoms with E-state index in [9.17, 15) is 4.79 Å². The molecule has 1 aliphatic heterocycles. The summed E-state index contributed by atoms with van der Waals surface area (Å²) in [5.74, 6) is 0.120. The molecule has 3 rings (SSSR count). The van der Waals surface area contributed by atoms with Crippen molar-refractivity contribution in [1.82, 2.24) is 4.90 Å². The Morgan fingerprint density at radius 2 is 1.74 bits per heavy atom. The van der Waals surface area contributed by atoms with Gasteiger partial charge in [0.15, 0.2) is 0 Å². The van der Waals surface area contributed by atoms with Crippen LogP contribution in [-0.4, -0.2) is 64.4 Å². The van der Waals surface area contributed by atoms with Crippen LogP contribution in [0.4, 0.5) is 11.4 Å². The molecule has 2 aromatic rings. The van der Waals surface area contributed by atoms with Crippen LogP contribution in [0, 0.1) is 0 Å². The molecule has 0 bridgehead atoms. The molecule has 0 spiro atoms. The molecule has 1 saturated heterocycles. The third-order valence-corrected chi connectivity index (χ3v) is 4.87. The van der Waals surface area contributed by atoms with Crippen LogP contribution < -0.4 is 15.0 Å². The van der Waals surface area contributed by atoms with Gasteiger partial charge in [-0.25, -0.2) is 4.79 Å². The Morgan fingerprint density at radius 3 is 2.41 bits per heavy atom. The highest BCUT2D eigenvalue weighted by molar-refractivity contribution is 5.98. The molecule has 0 saturated carbocycles. The molecule has 2 aromatic carbocycles. The Balaban J connectivity index is 1.52. The summed E-state index contributed by atoms with van der Waals surface area (Å²) in [6.45, 7) is 5.77. The van der Waals surface area contributed by atoms with Crippen molar-refractivity contribution in [3.63, 3.8) is 0 Å². The fraction of sp³-hybridized carbons (Fsp3) is 0.381. The molecule has 1 fully saturated rings. The lowest BCUT2D eigenvalue weighted by Crippen LogP contribution is -2.47. The van der Waals surface area contributed by atoms with Crippen LogP contribution in [0.15, 0.2) is 48.5 Å². The van der Waals surface area contributed by atoms with E-state index in [4.69, 9.17) is 9.47 Å². The van der Waals surface area contributed by atoms with Crippen molar-refractivity contribution in [2.24, 2.45) is 0 Å². The Morgan fingerprint density at radius 1 is 1.00 bits per heavy atom. The molecular weight excluding hydrogens is 342 g/mol. The summed E-state index contributed by atoms with van der Waals surface area (Å²) in [5.41, 5.74) is 2.47. The lowest BCUT2D eigenvalue weighted by molar-refractivity contribution is 0.0598. The van der Waals surface area contributed by atoms with Gasteiger partial charge in [-0.1, -0.05) is 24.3 Å². The van der Waals surface area contributed by atoms with Gasteiger partial charge >= 0.3 is 5.97 Å². The van der Waals surface area contributed by atoms with E-state index in [2.05, 4.69) is 39.4 Å². The highest BCUT2D eigenvalue weighted by atomic mass is 16.5. The molecular formula is C21H27N3O3. The smallest absolute Gasteiger partial charge is 0.343 e. The molecule has 27 heavy (non-hydrogen) atoms. The molecule has 0 aliphatic carbocycles. The Bertz CT molecular complexity index is 744. The molecule has 144 valence electrons. The highest BCUT2D eigenvalue weighted by Crippen LogP contribution is 2.27. The predicted molar refractivity (Wildman–Crippen MR) is 108 cm³/mol. The zero-order valence-corrected chi connectivity index (χ0v) is 16.0. The van der Waals surface area contributed by atoms with Gasteiger partial charge in [-0.3, -0.25) is 4.90 Å². The first-order chi connectivity index (χ1) is 13.2. The number of piperazine rings is 1. The van der Waals surface area contributed by atoms with Gasteiger partial charge in [0.05, 0.1) is 19.9 Å². The minimum absolute atomic E-state index is 0.397. The minimum atomic E-state index is -0.397. The number of methoxy groups -OCH3 is 2. The Hall–Kier alpha value is -2.73. The van der Waals surface area contributed by atoms with Crippen molar-refractivity contribution in [2.45, 2.75) is 0 Å². The van der Waals surface area contributed by atoms with E-state index in [0.717, 1.165) is 45.0 Å². The number of carbonyl (C=O) groups is 1. The molecule has 6 heteroatoms. The first-order valence-electron chi connectivity index (χ1n) is 9.24. The number of rotatable bonds is 7. The van der Waals surface area contributed by atoms with Crippen molar-refractivity contribution < 1.29 is 14.3 Å². The maximum atomic E-state index is 12.1. The monoisotopic (exact) mass is 369 g/mol. The first kappa shape index (κ1) is 19.0. The van der Waals surface area contributed by atoms with E-state index >= 15 is 0 Å². The summed E-state index contributed by atoms with van der Waals surface area (Å²) >= 11 is 0. The van der Waals surface area contributed by atoms with Gasteiger partial charge in [-0.05, 0) is 24.3 Å². The summed E-state index contributed by atoms with van der Waals surface area (Å²) in [5, 5.41) is 3.36. The second kappa shape index (κ2) is 9.28. The lowest BCUT2D eigenvalue weighted by atomic mass is 10.1. The number of nitrogens with one attached hydrogen (secondary N) is 1. The number of ether oxygens (including phenoxy) is 2. The van der Waals surface area contributed by atoms with Crippen molar-refractivity contribution in [2.75, 3.05) is 63.7 Å². The molecule has 0 atom stereocenters. The van der Waals surface area contributed by atoms with Crippen molar-refractivity contribution in [1.29, 1.82) is 0 Å². The number of esters is 1. The summed E-state index contributed by atoms with van der Waals surface area (Å²) in [6.07, 6.45) is 0. The largest absolute Gasteiger partial charge is 0.496 e. The summed E-state index contributed by atoms with van der Waals surface area (Å²) < 4.78 is 10.2. The lowest BCUT2D eigenvalue weighted by Gasteiger charge is -2.36. The van der Waals surface area contributed by atoms with Crippen LogP contribution >= 0.6 is 0 Å². The van der Waals surface area contributed by atoms with Gasteiger partial charge in [0.2, 0.25) is 0 Å². The van der Waals surface area contributed by atoms with Gasteiger partial charge in [0.25, 0.3) is 0 Å². The van der Waals surface area contributed by atoms with Gasteiger partial charge < -0.3 is 19.7 Å². The fourth-order valence-corrected chi connectivity index (χ4v) is 3.38. The molecule has 1 aliphatic rings. The summed E-state index contributed by atoms with van der Waals surface area (Å²) in [7, 11) is 2.93. The van der Waals surface area contributed by atoms with E-state index in [1.54, 1.807) is 13.2 Å². The van der Waals surface area contributed by atoms with Crippen LogP contribution in [0.3, 0.4) is 0 Å². The number of benzene rings is 2. The van der Waals surface area contributed by atoms with Crippen LogP contribution in [0.2, 0.25) is 0 Å². The topological polar surface area (TPSA) is 54.0 Å². The van der Waals surface area contributed by atoms with Gasteiger partial charge in [-0.15, -0.1) is 0 Å². The summed E-state index contributed by atoms with van der Waals surface area (Å²) in [4.78, 5) is 16.9. The average Bonchev–Trinajstić information content (AvgIpc) is 2.74. The quantitative estimate of drug-likeness (QED) is 0.758. The molecule has 6 nitrogen and oxygen atoms in total. The molecule has 1 N–H and O–H groups in total. The van der Waals surface area contributed by atoms with E-state index in [-0.39, 0.29) is 0 Å². The Labute approximate surface area is 160 Å². The third kappa shape index (κ3) is 4.71. The maximum absolute atomic E-state index is 12.1. The second-order valence-electron chi connectivity index (χ2n) is 6.47. The molecule has 0 amide bonds. The number of anilines is 2. The van der Waals surface area contributed by atoms with Gasteiger partial charge in [-0.2, -0.15) is 0 Å². The SMILES string of the molecule is COC(=O)c1c(NCCN2CCN(c3ccccc3)CC2)cccc1OC. The number of nitrogens with zero attached hydrogens (tertiary/aromatic N) is 2. The van der Waals surface area contributed by atoms with Crippen molar-refractivity contribution in [3.05, 3.63) is 54.1 Å². The molecule has 0 radical (unpaired) electrons. The first-order valence-corrected chi connectivity index (χ1v) is 9.24. The Kier molecular flexibility index (Phi) is 6.54. The average molecular weight is 369 g/mol. The van der Waals surface area contributed by atoms with Gasteiger partial charge in [0, 0.05) is 45.0 Å². The zero-order chi connectivity index (χ0) is 19.1. The highest BCUT2D eigenvalue weighted by Gasteiger charge is 2.19. The van der Waals surface area contributed by atoms with Crippen LogP contribution in [0.1, 0.15) is 10.4 Å². The van der Waals surface area contributed by atoms with E-state index in [1.165, 1.54) is 12.8 Å². The zero-order valence-electron chi connectivity index (χ0n) is 16.0. The molecule has 0 unspecified atom stereocenters. The van der Waals surface area contributed by atoms with Crippen molar-refractivity contribution in [3.8, 4) is 5.75 Å². The number of carbonyl (C=O) groups excluding carboxylic acids is 1. The number of hydrogen-bond acceptors (Lipinski definition) is 6. The summed E-state index contributed by atoms with van der Waals surface area (Å²) in [6, 6.07) is 16.0. The third-order valence-electron chi connectivity index (χ3n) is 4.87. The van der Waals surface area contributed by atoms with Crippen LogP contribution in [-0.2, 0) is 4.74 Å². The van der Waals surface area contributed by atoms with E-state index in [1.807, 2.05) is 18.2 Å². The second-order valence-corrected chi connectivity index (χ2v) is 6.47. The molecule has 1 heterocycles. The standard InChI is InChI=1S/C21H27N3O3/c1-26-19-10-6-9-18(20(19)21(25)27-2)22-11-12-23-13-15-24(16-14-23)17-7-4-3-5-8-17/h3-10,22H,11-16H2,1-2H3. The number of para-hydroxylation sites is 1. The van der Waals surface area contributed by atoms with E-state index < -0.39 is 5.97 Å². The van der Waals surface area contributed by atoms with Gasteiger partial charge in [0.1, 0.15) is 11.3 Å². The minimum Gasteiger partial charge on any atom is -0.496 e. The fourth-order valence-electron chi connectivity index (χ4n) is 3.38. The maximum Gasteiger partial charge on any atom is 0.343 e. The normalized spacial score (nSPS) is 14.7. The number of hydrogen-bond donors (Lipinski definition) is 1. The van der Waals surface area contributed by atoms with E-state index in [0.29, 0.717) is 11.3 Å². The van der Waals surface area contributed by atoms with Crippen LogP contribution in [0.25, 0.3) is 0 Å². The van der Waals surface area contributed by atoms with Crippen molar-refractivity contribution >= 4 is 17.3 Å². The molecule has 0 aromatic heterocycles. The van der Waals surface area contributed by atoms with Crippen LogP contribution in [0.5, 0.6) is 5.75 Å².